The fourth-order valence-corrected chi connectivity index (χ4v) is 1.45. The minimum Gasteiger partial charge on any atom is -0.463 e. The van der Waals surface area contributed by atoms with Gasteiger partial charge in [0.2, 0.25) is 0 Å². The number of ether oxygens (including phenoxy) is 2. The number of esters is 2. The van der Waals surface area contributed by atoms with Crippen molar-refractivity contribution in [3.63, 3.8) is 0 Å². The molecule has 19 heavy (non-hydrogen) atoms. The summed E-state index contributed by atoms with van der Waals surface area (Å²) in [5.41, 5.74) is 1.36. The topological polar surface area (TPSA) is 57.5 Å². The van der Waals surface area contributed by atoms with E-state index in [1.165, 1.54) is 6.92 Å². The zero-order valence-electron chi connectivity index (χ0n) is 12.1. The van der Waals surface area contributed by atoms with Crippen LogP contribution in [-0.4, -0.2) is 29.2 Å². The molecule has 1 aromatic heterocycles. The van der Waals surface area contributed by atoms with Crippen LogP contribution in [0.3, 0.4) is 0 Å². The van der Waals surface area contributed by atoms with Crippen molar-refractivity contribution in [1.82, 2.24) is 4.57 Å². The molecule has 0 fully saturated rings. The van der Waals surface area contributed by atoms with Crippen molar-refractivity contribution < 1.29 is 19.1 Å². The van der Waals surface area contributed by atoms with Crippen LogP contribution in [0.25, 0.3) is 0 Å². The molecule has 1 atom stereocenters. The van der Waals surface area contributed by atoms with Crippen LogP contribution in [0.5, 0.6) is 0 Å². The van der Waals surface area contributed by atoms with E-state index in [2.05, 4.69) is 0 Å². The summed E-state index contributed by atoms with van der Waals surface area (Å²) in [6, 6.07) is 3.49. The summed E-state index contributed by atoms with van der Waals surface area (Å²) in [4.78, 5) is 23.5. The van der Waals surface area contributed by atoms with Gasteiger partial charge in [-0.25, -0.2) is 9.59 Å². The van der Waals surface area contributed by atoms with Crippen LogP contribution in [0.2, 0.25) is 0 Å². The van der Waals surface area contributed by atoms with E-state index in [1.807, 2.05) is 26.8 Å². The Kier molecular flexibility index (Phi) is 5.15. The Hall–Kier alpha value is -1.78. The lowest BCUT2D eigenvalue weighted by Crippen LogP contribution is -2.28. The molecule has 1 rings (SSSR count). The molecule has 0 aliphatic carbocycles. The van der Waals surface area contributed by atoms with Crippen molar-refractivity contribution >= 4 is 11.9 Å². The average molecular weight is 267 g/mol. The Labute approximate surface area is 113 Å². The fraction of sp³-hybridized carbons (Fsp3) is 0.571. The molecule has 1 aromatic rings. The predicted molar refractivity (Wildman–Crippen MR) is 70.8 cm³/mol. The van der Waals surface area contributed by atoms with E-state index in [9.17, 15) is 9.59 Å². The van der Waals surface area contributed by atoms with Gasteiger partial charge in [0.25, 0.3) is 0 Å². The van der Waals surface area contributed by atoms with Gasteiger partial charge < -0.3 is 14.0 Å². The molecule has 0 saturated carbocycles. The van der Waals surface area contributed by atoms with Crippen molar-refractivity contribution in [3.05, 3.63) is 23.5 Å². The predicted octanol–water partition coefficient (Wildman–Crippen LogP) is 2.08. The van der Waals surface area contributed by atoms with Crippen molar-refractivity contribution in [2.75, 3.05) is 6.61 Å². The average Bonchev–Trinajstić information content (AvgIpc) is 2.66. The smallest absolute Gasteiger partial charge is 0.355 e. The van der Waals surface area contributed by atoms with Gasteiger partial charge in [-0.15, -0.1) is 0 Å². The van der Waals surface area contributed by atoms with Gasteiger partial charge in [0.1, 0.15) is 5.69 Å². The van der Waals surface area contributed by atoms with Gasteiger partial charge in [-0.05, 0) is 31.9 Å². The molecular weight excluding hydrogens is 246 g/mol. The summed E-state index contributed by atoms with van der Waals surface area (Å²) in [5.74, 6) is -0.792. The highest BCUT2D eigenvalue weighted by molar-refractivity contribution is 5.90. The number of aromatic nitrogens is 1. The van der Waals surface area contributed by atoms with Crippen LogP contribution < -0.4 is 0 Å². The summed E-state index contributed by atoms with van der Waals surface area (Å²) in [5, 5.41) is 0. The van der Waals surface area contributed by atoms with Crippen molar-refractivity contribution in [1.29, 1.82) is 0 Å². The van der Waals surface area contributed by atoms with Crippen LogP contribution in [0.4, 0.5) is 0 Å². The Morgan fingerprint density at radius 1 is 1.26 bits per heavy atom. The first-order valence-electron chi connectivity index (χ1n) is 6.32. The number of carbonyl (C=O) groups is 2. The van der Waals surface area contributed by atoms with Crippen LogP contribution in [0, 0.1) is 12.8 Å². The molecule has 0 amide bonds. The molecule has 0 aromatic carbocycles. The molecule has 106 valence electrons. The lowest BCUT2D eigenvalue weighted by molar-refractivity contribution is -0.154. The Balaban J connectivity index is 2.57. The highest BCUT2D eigenvalue weighted by atomic mass is 16.6. The standard InChI is InChI=1S/C14H21NO4/c1-9(2)8-18-13(16)11(4)19-14(17)12-7-6-10(3)15(12)5/h6-7,9,11H,8H2,1-5H3. The van der Waals surface area contributed by atoms with Gasteiger partial charge >= 0.3 is 11.9 Å². The van der Waals surface area contributed by atoms with Gasteiger partial charge in [-0.3, -0.25) is 0 Å². The zero-order valence-corrected chi connectivity index (χ0v) is 12.1. The molecule has 1 unspecified atom stereocenters. The zero-order chi connectivity index (χ0) is 14.6. The van der Waals surface area contributed by atoms with E-state index in [4.69, 9.17) is 9.47 Å². The minimum atomic E-state index is -0.901. The van der Waals surface area contributed by atoms with Gasteiger partial charge in [0, 0.05) is 12.7 Å². The molecule has 0 saturated heterocycles. The van der Waals surface area contributed by atoms with E-state index in [0.717, 1.165) is 5.69 Å². The normalized spacial score (nSPS) is 12.3. The summed E-state index contributed by atoms with van der Waals surface area (Å²) in [6.45, 7) is 7.60. The Morgan fingerprint density at radius 3 is 2.37 bits per heavy atom. The third-order valence-corrected chi connectivity index (χ3v) is 2.76. The highest BCUT2D eigenvalue weighted by Gasteiger charge is 2.22. The van der Waals surface area contributed by atoms with E-state index >= 15 is 0 Å². The first-order valence-corrected chi connectivity index (χ1v) is 6.32. The van der Waals surface area contributed by atoms with Crippen LogP contribution in [-0.2, 0) is 21.3 Å². The molecule has 0 spiro atoms. The Morgan fingerprint density at radius 2 is 1.89 bits per heavy atom. The molecule has 0 bridgehead atoms. The summed E-state index contributed by atoms with van der Waals surface area (Å²) in [7, 11) is 1.77. The van der Waals surface area contributed by atoms with Gasteiger partial charge in [0.05, 0.1) is 6.61 Å². The van der Waals surface area contributed by atoms with Crippen LogP contribution in [0.1, 0.15) is 37.0 Å². The second-order valence-electron chi connectivity index (χ2n) is 4.99. The minimum absolute atomic E-state index is 0.252. The number of hydrogen-bond donors (Lipinski definition) is 0. The van der Waals surface area contributed by atoms with Crippen molar-refractivity contribution in [3.8, 4) is 0 Å². The Bertz CT molecular complexity index is 462. The molecule has 5 heteroatoms. The molecule has 0 aliphatic rings. The molecule has 0 aliphatic heterocycles. The van der Waals surface area contributed by atoms with E-state index in [0.29, 0.717) is 12.3 Å². The molecule has 1 heterocycles. The lowest BCUT2D eigenvalue weighted by Gasteiger charge is -2.14. The van der Waals surface area contributed by atoms with E-state index in [-0.39, 0.29) is 5.92 Å². The maximum absolute atomic E-state index is 11.9. The van der Waals surface area contributed by atoms with Gasteiger partial charge in [-0.1, -0.05) is 13.8 Å². The lowest BCUT2D eigenvalue weighted by atomic mass is 10.2. The fourth-order valence-electron chi connectivity index (χ4n) is 1.45. The van der Waals surface area contributed by atoms with E-state index < -0.39 is 18.0 Å². The number of hydrogen-bond acceptors (Lipinski definition) is 4. The number of aryl methyl sites for hydroxylation is 1. The van der Waals surface area contributed by atoms with Crippen LogP contribution in [0.15, 0.2) is 12.1 Å². The summed E-state index contributed by atoms with van der Waals surface area (Å²) >= 11 is 0. The maximum atomic E-state index is 11.9. The molecule has 0 N–H and O–H groups in total. The molecule has 0 radical (unpaired) electrons. The molecule has 5 nitrogen and oxygen atoms in total. The van der Waals surface area contributed by atoms with Gasteiger partial charge in [-0.2, -0.15) is 0 Å². The summed E-state index contributed by atoms with van der Waals surface area (Å²) in [6.07, 6.45) is -0.901. The highest BCUT2D eigenvalue weighted by Crippen LogP contribution is 2.09. The van der Waals surface area contributed by atoms with E-state index in [1.54, 1.807) is 17.7 Å². The van der Waals surface area contributed by atoms with Crippen molar-refractivity contribution in [2.24, 2.45) is 13.0 Å². The first-order chi connectivity index (χ1) is 8.82. The van der Waals surface area contributed by atoms with Crippen LogP contribution >= 0.6 is 0 Å². The third-order valence-electron chi connectivity index (χ3n) is 2.76. The summed E-state index contributed by atoms with van der Waals surface area (Å²) < 4.78 is 11.8. The number of carbonyl (C=O) groups excluding carboxylic acids is 2. The third kappa shape index (κ3) is 4.12. The second kappa shape index (κ2) is 6.41. The SMILES string of the molecule is Cc1ccc(C(=O)OC(C)C(=O)OCC(C)C)n1C. The largest absolute Gasteiger partial charge is 0.463 e. The number of nitrogens with zero attached hydrogens (tertiary/aromatic N) is 1. The maximum Gasteiger partial charge on any atom is 0.355 e. The molecular formula is C14H21NO4. The first kappa shape index (κ1) is 15.3. The van der Waals surface area contributed by atoms with Gasteiger partial charge in [0.15, 0.2) is 6.10 Å². The van der Waals surface area contributed by atoms with Crippen molar-refractivity contribution in [2.45, 2.75) is 33.8 Å². The second-order valence-corrected chi connectivity index (χ2v) is 4.99. The monoisotopic (exact) mass is 267 g/mol. The number of rotatable bonds is 5. The quantitative estimate of drug-likeness (QED) is 0.766.